The van der Waals surface area contributed by atoms with Gasteiger partial charge < -0.3 is 9.64 Å². The number of hydrogen-bond donors (Lipinski definition) is 0. The summed E-state index contributed by atoms with van der Waals surface area (Å²) in [6.07, 6.45) is 3.82. The first-order chi connectivity index (χ1) is 12.5. The van der Waals surface area contributed by atoms with Crippen molar-refractivity contribution in [2.45, 2.75) is 38.3 Å². The molecular weight excluding hydrogens is 322 g/mol. The minimum atomic E-state index is 0.355. The van der Waals surface area contributed by atoms with Crippen LogP contribution in [0.5, 0.6) is 5.75 Å². The fraction of sp³-hybridized carbons (Fsp3) is 0.636. The summed E-state index contributed by atoms with van der Waals surface area (Å²) >= 11 is 0. The second-order valence-electron chi connectivity index (χ2n) is 8.40. The second-order valence-corrected chi connectivity index (χ2v) is 8.40. The molecular formula is C22H35N3O. The number of nitrogens with zero attached hydrogens (tertiary/aromatic N) is 3. The molecule has 0 unspecified atom stereocenters. The highest BCUT2D eigenvalue weighted by Crippen LogP contribution is 2.31. The van der Waals surface area contributed by atoms with Gasteiger partial charge in [-0.25, -0.2) is 0 Å². The summed E-state index contributed by atoms with van der Waals surface area (Å²) in [7, 11) is 4.58. The average molecular weight is 358 g/mol. The third-order valence-electron chi connectivity index (χ3n) is 6.03. The normalized spacial score (nSPS) is 22.3. The monoisotopic (exact) mass is 357 g/mol. The third kappa shape index (κ3) is 4.87. The van der Waals surface area contributed by atoms with Crippen molar-refractivity contribution < 1.29 is 4.74 Å². The van der Waals surface area contributed by atoms with E-state index < -0.39 is 0 Å². The first-order valence-electron chi connectivity index (χ1n) is 9.95. The quantitative estimate of drug-likeness (QED) is 0.753. The standard InChI is InChI=1S/C22H35N3O/c1-19(2)17-26-21-8-6-20(7-9-21)16-25-13-5-12-24(4)22(18-25)10-14-23(3)15-11-22/h6-9H,1,5,10-18H2,2-4H3. The van der Waals surface area contributed by atoms with Gasteiger partial charge in [0.25, 0.3) is 0 Å². The maximum absolute atomic E-state index is 5.72. The van der Waals surface area contributed by atoms with E-state index in [0.29, 0.717) is 12.1 Å². The zero-order chi connectivity index (χ0) is 18.6. The highest BCUT2D eigenvalue weighted by Gasteiger charge is 2.40. The van der Waals surface area contributed by atoms with Crippen molar-refractivity contribution in [1.29, 1.82) is 0 Å². The Morgan fingerprint density at radius 3 is 2.42 bits per heavy atom. The van der Waals surface area contributed by atoms with E-state index >= 15 is 0 Å². The Bertz CT molecular complexity index is 590. The van der Waals surface area contributed by atoms with E-state index in [2.05, 4.69) is 59.6 Å². The molecule has 0 radical (unpaired) electrons. The molecule has 1 spiro atoms. The molecule has 4 heteroatoms. The third-order valence-corrected chi connectivity index (χ3v) is 6.03. The first-order valence-corrected chi connectivity index (χ1v) is 9.95. The van der Waals surface area contributed by atoms with Crippen molar-refractivity contribution in [3.8, 4) is 5.75 Å². The van der Waals surface area contributed by atoms with Gasteiger partial charge >= 0.3 is 0 Å². The molecule has 2 aliphatic rings. The van der Waals surface area contributed by atoms with Crippen LogP contribution < -0.4 is 4.74 Å². The highest BCUT2D eigenvalue weighted by atomic mass is 16.5. The van der Waals surface area contributed by atoms with E-state index in [1.54, 1.807) is 0 Å². The smallest absolute Gasteiger partial charge is 0.119 e. The van der Waals surface area contributed by atoms with Crippen LogP contribution in [0.3, 0.4) is 0 Å². The molecule has 0 aromatic heterocycles. The van der Waals surface area contributed by atoms with Crippen LogP contribution in [0.15, 0.2) is 36.4 Å². The maximum atomic E-state index is 5.72. The van der Waals surface area contributed by atoms with Gasteiger partial charge in [-0.3, -0.25) is 9.80 Å². The predicted octanol–water partition coefficient (Wildman–Crippen LogP) is 3.24. The molecule has 2 heterocycles. The largest absolute Gasteiger partial charge is 0.489 e. The van der Waals surface area contributed by atoms with E-state index in [1.807, 2.05) is 6.92 Å². The molecule has 1 aromatic rings. The van der Waals surface area contributed by atoms with Crippen molar-refractivity contribution in [3.63, 3.8) is 0 Å². The lowest BCUT2D eigenvalue weighted by atomic mass is 9.85. The van der Waals surface area contributed by atoms with Gasteiger partial charge in [-0.1, -0.05) is 18.7 Å². The van der Waals surface area contributed by atoms with Gasteiger partial charge in [-0.05, 0) is 89.7 Å². The number of likely N-dealkylation sites (tertiary alicyclic amines) is 1. The molecule has 0 amide bonds. The van der Waals surface area contributed by atoms with Gasteiger partial charge in [0.15, 0.2) is 0 Å². The van der Waals surface area contributed by atoms with Crippen molar-refractivity contribution in [2.75, 3.05) is 53.4 Å². The Morgan fingerprint density at radius 1 is 1.08 bits per heavy atom. The zero-order valence-electron chi connectivity index (χ0n) is 16.8. The Labute approximate surface area is 159 Å². The molecule has 144 valence electrons. The fourth-order valence-electron chi connectivity index (χ4n) is 4.25. The fourth-order valence-corrected chi connectivity index (χ4v) is 4.25. The van der Waals surface area contributed by atoms with Crippen LogP contribution in [0.4, 0.5) is 0 Å². The topological polar surface area (TPSA) is 19.0 Å². The summed E-state index contributed by atoms with van der Waals surface area (Å²) < 4.78 is 5.72. The molecule has 4 nitrogen and oxygen atoms in total. The SMILES string of the molecule is C=C(C)COc1ccc(CN2CCCN(C)C3(CCN(C)CC3)C2)cc1. The lowest BCUT2D eigenvalue weighted by Gasteiger charge is -2.47. The molecule has 0 aliphatic carbocycles. The molecule has 0 bridgehead atoms. The van der Waals surface area contributed by atoms with E-state index in [-0.39, 0.29) is 0 Å². The summed E-state index contributed by atoms with van der Waals surface area (Å²) in [4.78, 5) is 7.78. The Hall–Kier alpha value is -1.36. The van der Waals surface area contributed by atoms with E-state index in [4.69, 9.17) is 4.74 Å². The summed E-state index contributed by atoms with van der Waals surface area (Å²) in [6.45, 7) is 13.5. The number of ether oxygens (including phenoxy) is 1. The van der Waals surface area contributed by atoms with Crippen molar-refractivity contribution in [2.24, 2.45) is 0 Å². The van der Waals surface area contributed by atoms with Gasteiger partial charge in [0, 0.05) is 18.6 Å². The molecule has 1 aromatic carbocycles. The minimum Gasteiger partial charge on any atom is -0.489 e. The minimum absolute atomic E-state index is 0.355. The molecule has 0 atom stereocenters. The van der Waals surface area contributed by atoms with Gasteiger partial charge in [0.1, 0.15) is 12.4 Å². The van der Waals surface area contributed by atoms with Gasteiger partial charge in [-0.2, -0.15) is 0 Å². The summed E-state index contributed by atoms with van der Waals surface area (Å²) in [5.74, 6) is 0.930. The molecule has 2 aliphatic heterocycles. The van der Waals surface area contributed by atoms with E-state index in [9.17, 15) is 0 Å². The van der Waals surface area contributed by atoms with Crippen LogP contribution in [0.1, 0.15) is 31.7 Å². The number of hydrogen-bond acceptors (Lipinski definition) is 4. The van der Waals surface area contributed by atoms with Crippen molar-refractivity contribution in [1.82, 2.24) is 14.7 Å². The van der Waals surface area contributed by atoms with Gasteiger partial charge in [0.05, 0.1) is 0 Å². The van der Waals surface area contributed by atoms with Crippen LogP contribution in [-0.2, 0) is 6.54 Å². The summed E-state index contributed by atoms with van der Waals surface area (Å²) in [6, 6.07) is 8.61. The summed E-state index contributed by atoms with van der Waals surface area (Å²) in [5.41, 5.74) is 2.78. The predicted molar refractivity (Wildman–Crippen MR) is 109 cm³/mol. The molecule has 3 rings (SSSR count). The lowest BCUT2D eigenvalue weighted by molar-refractivity contribution is 0.0337. The number of likely N-dealkylation sites (N-methyl/N-ethyl adjacent to an activating group) is 1. The van der Waals surface area contributed by atoms with Crippen LogP contribution in [0.25, 0.3) is 0 Å². The second kappa shape index (κ2) is 8.55. The molecule has 26 heavy (non-hydrogen) atoms. The Balaban J connectivity index is 1.62. The van der Waals surface area contributed by atoms with Crippen LogP contribution in [-0.4, -0.2) is 73.7 Å². The summed E-state index contributed by atoms with van der Waals surface area (Å²) in [5, 5.41) is 0. The number of piperidine rings is 1. The van der Waals surface area contributed by atoms with Gasteiger partial charge in [0.2, 0.25) is 0 Å². The zero-order valence-corrected chi connectivity index (χ0v) is 16.8. The Morgan fingerprint density at radius 2 is 1.77 bits per heavy atom. The van der Waals surface area contributed by atoms with E-state index in [1.165, 1.54) is 57.5 Å². The van der Waals surface area contributed by atoms with Crippen LogP contribution in [0.2, 0.25) is 0 Å². The first kappa shape index (κ1) is 19.4. The average Bonchev–Trinajstić information content (AvgIpc) is 2.76. The highest BCUT2D eigenvalue weighted by molar-refractivity contribution is 5.27. The maximum Gasteiger partial charge on any atom is 0.119 e. The van der Waals surface area contributed by atoms with Crippen molar-refractivity contribution >= 4 is 0 Å². The van der Waals surface area contributed by atoms with Crippen molar-refractivity contribution in [3.05, 3.63) is 42.0 Å². The lowest BCUT2D eigenvalue weighted by Crippen LogP contribution is -2.57. The number of rotatable bonds is 5. The van der Waals surface area contributed by atoms with Crippen LogP contribution in [0, 0.1) is 0 Å². The molecule has 2 fully saturated rings. The van der Waals surface area contributed by atoms with E-state index in [0.717, 1.165) is 17.9 Å². The molecule has 2 saturated heterocycles. The molecule has 0 N–H and O–H groups in total. The molecule has 0 saturated carbocycles. The Kier molecular flexibility index (Phi) is 6.38. The van der Waals surface area contributed by atoms with Crippen LogP contribution >= 0.6 is 0 Å². The van der Waals surface area contributed by atoms with Gasteiger partial charge in [-0.15, -0.1) is 0 Å². The number of benzene rings is 1.